The molecule has 0 N–H and O–H groups in total. The zero-order valence-corrected chi connectivity index (χ0v) is 20.7. The van der Waals surface area contributed by atoms with Crippen molar-refractivity contribution in [3.05, 3.63) is 65.7 Å². The zero-order valence-electron chi connectivity index (χ0n) is 20.7. The molecule has 3 aliphatic rings. The van der Waals surface area contributed by atoms with Crippen LogP contribution in [-0.2, 0) is 32.2 Å². The Morgan fingerprint density at radius 3 is 2.03 bits per heavy atom. The summed E-state index contributed by atoms with van der Waals surface area (Å²) in [6.07, 6.45) is 5.18. The second-order valence-electron chi connectivity index (χ2n) is 10.2. The first-order chi connectivity index (χ1) is 16.6. The molecule has 6 atom stereocenters. The summed E-state index contributed by atoms with van der Waals surface area (Å²) in [5.74, 6) is 1.01. The first-order valence-corrected chi connectivity index (χ1v) is 12.8. The van der Waals surface area contributed by atoms with E-state index < -0.39 is 5.79 Å². The highest BCUT2D eigenvalue weighted by molar-refractivity contribution is 5.26. The molecule has 1 heterocycles. The van der Waals surface area contributed by atoms with Crippen molar-refractivity contribution in [3.8, 4) is 5.75 Å². The molecule has 0 aromatic heterocycles. The van der Waals surface area contributed by atoms with Gasteiger partial charge in [0.25, 0.3) is 0 Å². The fourth-order valence-corrected chi connectivity index (χ4v) is 5.85. The maximum atomic E-state index is 6.79. The van der Waals surface area contributed by atoms with Gasteiger partial charge in [0.1, 0.15) is 18.0 Å². The van der Waals surface area contributed by atoms with E-state index in [2.05, 4.69) is 50.2 Å². The first-order valence-electron chi connectivity index (χ1n) is 12.8. The Morgan fingerprint density at radius 1 is 0.735 bits per heavy atom. The summed E-state index contributed by atoms with van der Waals surface area (Å²) < 4.78 is 32.0. The lowest BCUT2D eigenvalue weighted by molar-refractivity contribution is -0.212. The molecule has 0 amide bonds. The molecule has 2 aliphatic carbocycles. The van der Waals surface area contributed by atoms with E-state index in [0.717, 1.165) is 37.0 Å². The van der Waals surface area contributed by atoms with Gasteiger partial charge in [-0.25, -0.2) is 0 Å². The average molecular weight is 467 g/mol. The largest absolute Gasteiger partial charge is 0.497 e. The van der Waals surface area contributed by atoms with Crippen molar-refractivity contribution < 1.29 is 23.7 Å². The Morgan fingerprint density at radius 2 is 1.35 bits per heavy atom. The lowest BCUT2D eigenvalue weighted by Crippen LogP contribution is -2.57. The van der Waals surface area contributed by atoms with Gasteiger partial charge in [-0.3, -0.25) is 0 Å². The molecular formula is C29H38O5. The molecule has 34 heavy (non-hydrogen) atoms. The van der Waals surface area contributed by atoms with E-state index in [0.29, 0.717) is 19.1 Å². The Bertz CT molecular complexity index is 908. The maximum absolute atomic E-state index is 6.79. The molecule has 3 unspecified atom stereocenters. The molecule has 2 saturated carbocycles. The van der Waals surface area contributed by atoms with Crippen molar-refractivity contribution in [1.29, 1.82) is 0 Å². The molecule has 1 spiro atoms. The molecule has 0 bridgehead atoms. The van der Waals surface area contributed by atoms with Gasteiger partial charge in [0.05, 0.1) is 32.5 Å². The normalized spacial score (nSPS) is 32.4. The van der Waals surface area contributed by atoms with E-state index in [-0.39, 0.29) is 30.3 Å². The lowest BCUT2D eigenvalue weighted by Gasteiger charge is -2.45. The van der Waals surface area contributed by atoms with Crippen LogP contribution in [-0.4, -0.2) is 37.3 Å². The van der Waals surface area contributed by atoms with Crippen molar-refractivity contribution in [2.24, 2.45) is 11.8 Å². The summed E-state index contributed by atoms with van der Waals surface area (Å²) in [7, 11) is 1.68. The van der Waals surface area contributed by atoms with Crippen molar-refractivity contribution in [3.63, 3.8) is 0 Å². The summed E-state index contributed by atoms with van der Waals surface area (Å²) in [6, 6.07) is 18.4. The number of methoxy groups -OCH3 is 1. The van der Waals surface area contributed by atoms with Gasteiger partial charge in [0.2, 0.25) is 0 Å². The fraction of sp³-hybridized carbons (Fsp3) is 0.586. The standard InChI is InChI=1S/C29H38O5/c1-20-21(2)26-28(34-29(33-26)16-8-5-9-17-29)27(25(20)31-18-22-10-6-4-7-11-22)32-19-23-12-14-24(30-3)15-13-23/h4,6-7,10-15,20-21,25-28H,5,8-9,16-19H2,1-3H3/t20-,21?,25?,26+,27?,28+/m0/s1. The van der Waals surface area contributed by atoms with Gasteiger partial charge >= 0.3 is 0 Å². The number of hydrogen-bond acceptors (Lipinski definition) is 5. The molecule has 5 rings (SSSR count). The van der Waals surface area contributed by atoms with Crippen LogP contribution in [0.15, 0.2) is 54.6 Å². The third-order valence-electron chi connectivity index (χ3n) is 8.04. The van der Waals surface area contributed by atoms with Crippen LogP contribution >= 0.6 is 0 Å². The van der Waals surface area contributed by atoms with Crippen LogP contribution in [0.2, 0.25) is 0 Å². The lowest BCUT2D eigenvalue weighted by atomic mass is 9.74. The molecule has 2 aromatic carbocycles. The second kappa shape index (κ2) is 10.4. The van der Waals surface area contributed by atoms with E-state index in [1.807, 2.05) is 18.2 Å². The average Bonchev–Trinajstić information content (AvgIpc) is 3.24. The van der Waals surface area contributed by atoms with Gasteiger partial charge < -0.3 is 23.7 Å². The maximum Gasteiger partial charge on any atom is 0.169 e. The van der Waals surface area contributed by atoms with Crippen LogP contribution in [0.4, 0.5) is 0 Å². The van der Waals surface area contributed by atoms with E-state index >= 15 is 0 Å². The minimum Gasteiger partial charge on any atom is -0.497 e. The van der Waals surface area contributed by atoms with E-state index in [4.69, 9.17) is 23.7 Å². The van der Waals surface area contributed by atoms with Gasteiger partial charge in [-0.15, -0.1) is 0 Å². The highest BCUT2D eigenvalue weighted by Crippen LogP contribution is 2.49. The SMILES string of the molecule is COc1ccc(COC2C(OCc3ccccc3)[C@@H](C)C(C)[C@H]3OC4(CCCCC4)O[C@@H]23)cc1. The van der Waals surface area contributed by atoms with E-state index in [9.17, 15) is 0 Å². The number of rotatable bonds is 7. The molecule has 3 fully saturated rings. The van der Waals surface area contributed by atoms with Gasteiger partial charge in [-0.2, -0.15) is 0 Å². The monoisotopic (exact) mass is 466 g/mol. The molecule has 5 heteroatoms. The number of benzene rings is 2. The Hall–Kier alpha value is -1.92. The minimum atomic E-state index is -0.447. The Kier molecular flexibility index (Phi) is 7.26. The summed E-state index contributed by atoms with van der Waals surface area (Å²) in [6.45, 7) is 5.62. The second-order valence-corrected chi connectivity index (χ2v) is 10.2. The van der Waals surface area contributed by atoms with Crippen LogP contribution < -0.4 is 4.74 Å². The molecular weight excluding hydrogens is 428 g/mol. The predicted octanol–water partition coefficient (Wildman–Crippen LogP) is 5.90. The quantitative estimate of drug-likeness (QED) is 0.509. The van der Waals surface area contributed by atoms with Crippen LogP contribution in [0.1, 0.15) is 57.1 Å². The zero-order chi connectivity index (χ0) is 23.5. The fourth-order valence-electron chi connectivity index (χ4n) is 5.85. The molecule has 184 valence electrons. The third-order valence-corrected chi connectivity index (χ3v) is 8.04. The Labute approximate surface area is 203 Å². The number of fused-ring (bicyclic) bond motifs is 1. The van der Waals surface area contributed by atoms with Gasteiger partial charge in [0, 0.05) is 12.8 Å². The number of hydrogen-bond donors (Lipinski definition) is 0. The summed E-state index contributed by atoms with van der Waals surface area (Å²) in [4.78, 5) is 0. The Balaban J connectivity index is 1.37. The number of ether oxygens (including phenoxy) is 5. The molecule has 1 aliphatic heterocycles. The summed E-state index contributed by atoms with van der Waals surface area (Å²) in [5.41, 5.74) is 2.28. The van der Waals surface area contributed by atoms with Crippen molar-refractivity contribution >= 4 is 0 Å². The van der Waals surface area contributed by atoms with Crippen molar-refractivity contribution in [2.75, 3.05) is 7.11 Å². The summed E-state index contributed by atoms with van der Waals surface area (Å²) >= 11 is 0. The van der Waals surface area contributed by atoms with E-state index in [1.165, 1.54) is 12.0 Å². The molecule has 5 nitrogen and oxygen atoms in total. The first kappa shape index (κ1) is 23.8. The minimum absolute atomic E-state index is 0.0329. The predicted molar refractivity (Wildman–Crippen MR) is 130 cm³/mol. The van der Waals surface area contributed by atoms with Crippen LogP contribution in [0.5, 0.6) is 5.75 Å². The third kappa shape index (κ3) is 4.90. The molecule has 1 saturated heterocycles. The van der Waals surface area contributed by atoms with E-state index in [1.54, 1.807) is 7.11 Å². The smallest absolute Gasteiger partial charge is 0.169 e. The van der Waals surface area contributed by atoms with Crippen molar-refractivity contribution in [2.45, 2.75) is 89.4 Å². The van der Waals surface area contributed by atoms with Crippen LogP contribution in [0, 0.1) is 11.8 Å². The van der Waals surface area contributed by atoms with Gasteiger partial charge in [-0.05, 0) is 47.9 Å². The summed E-state index contributed by atoms with van der Waals surface area (Å²) in [5, 5.41) is 0. The molecule has 2 aromatic rings. The highest BCUT2D eigenvalue weighted by Gasteiger charge is 2.59. The van der Waals surface area contributed by atoms with Crippen LogP contribution in [0.3, 0.4) is 0 Å². The molecule has 0 radical (unpaired) electrons. The van der Waals surface area contributed by atoms with Crippen molar-refractivity contribution in [1.82, 2.24) is 0 Å². The van der Waals surface area contributed by atoms with Crippen LogP contribution in [0.25, 0.3) is 0 Å². The highest BCUT2D eigenvalue weighted by atomic mass is 16.8. The van der Waals surface area contributed by atoms with Gasteiger partial charge in [-0.1, -0.05) is 62.7 Å². The topological polar surface area (TPSA) is 46.2 Å². The van der Waals surface area contributed by atoms with Gasteiger partial charge in [0.15, 0.2) is 5.79 Å².